The minimum absolute atomic E-state index is 0.0753. The average Bonchev–Trinajstić information content (AvgIpc) is 2.29. The third-order valence-corrected chi connectivity index (χ3v) is 3.27. The van der Waals surface area contributed by atoms with Gasteiger partial charge in [-0.15, -0.1) is 0 Å². The zero-order valence-electron chi connectivity index (χ0n) is 8.28. The Morgan fingerprint density at radius 3 is 2.93 bits per heavy atom. The van der Waals surface area contributed by atoms with Gasteiger partial charge in [-0.25, -0.2) is 0 Å². The van der Waals surface area contributed by atoms with Crippen LogP contribution in [0.1, 0.15) is 16.6 Å². The number of fused-ring (bicyclic) bond motifs is 3. The maximum atomic E-state index is 5.59. The molecule has 0 bridgehead atoms. The van der Waals surface area contributed by atoms with Crippen molar-refractivity contribution >= 4 is 26.6 Å². The van der Waals surface area contributed by atoms with Crippen molar-refractivity contribution in [3.05, 3.63) is 42.0 Å². The van der Waals surface area contributed by atoms with Gasteiger partial charge in [-0.05, 0) is 11.5 Å². The molecule has 2 aromatic carbocycles. The van der Waals surface area contributed by atoms with Crippen molar-refractivity contribution in [2.45, 2.75) is 6.92 Å². The van der Waals surface area contributed by atoms with Gasteiger partial charge in [-0.3, -0.25) is 0 Å². The number of ketones is 1. The topological polar surface area (TPSA) is 20.5 Å². The van der Waals surface area contributed by atoms with E-state index in [-0.39, 0.29) is 10.0 Å². The summed E-state index contributed by atoms with van der Waals surface area (Å²) in [6.45, 7) is 1.98. The van der Waals surface area contributed by atoms with Crippen molar-refractivity contribution in [2.75, 3.05) is 0 Å². The summed E-state index contributed by atoms with van der Waals surface area (Å²) in [5, 5.41) is 2.36. The first-order valence-corrected chi connectivity index (χ1v) is 5.62. The Hall–Kier alpha value is -1.61. The predicted molar refractivity (Wildman–Crippen MR) is 60.3 cm³/mol. The van der Waals surface area contributed by atoms with Crippen LogP contribution < -0.4 is 4.43 Å². The van der Waals surface area contributed by atoms with Crippen LogP contribution in [0.4, 0.5) is 0 Å². The molecule has 1 aliphatic rings. The van der Waals surface area contributed by atoms with E-state index in [4.69, 9.17) is 8.54 Å². The van der Waals surface area contributed by atoms with Gasteiger partial charge in [-0.2, -0.15) is 0 Å². The summed E-state index contributed by atoms with van der Waals surface area (Å²) in [5.74, 6) is 1.90. The summed E-state index contributed by atoms with van der Waals surface area (Å²) >= 11 is 0. The fraction of sp³-hybridized carbons (Fsp3) is 0.0833. The van der Waals surface area contributed by atoms with Gasteiger partial charge in [0.05, 0.1) is 0 Å². The summed E-state index contributed by atoms with van der Waals surface area (Å²) in [6.07, 6.45) is 0. The molecule has 0 saturated carbocycles. The van der Waals surface area contributed by atoms with E-state index in [1.54, 1.807) is 0 Å². The lowest BCUT2D eigenvalue weighted by atomic mass is 10.0. The zero-order chi connectivity index (χ0) is 10.3. The van der Waals surface area contributed by atoms with E-state index in [0.717, 1.165) is 22.5 Å². The van der Waals surface area contributed by atoms with Gasteiger partial charge >= 0.3 is 10.0 Å². The molecular weight excluding hydrogens is 204 g/mol. The Kier molecular flexibility index (Phi) is 1.85. The van der Waals surface area contributed by atoms with Crippen molar-refractivity contribution in [3.8, 4) is 5.75 Å². The highest BCUT2D eigenvalue weighted by molar-refractivity contribution is 6.23. The summed E-state index contributed by atoms with van der Waals surface area (Å²) in [7, 11) is 0.0753. The third kappa shape index (κ3) is 1.27. The molecule has 0 fully saturated rings. The maximum Gasteiger partial charge on any atom is 0.424 e. The number of carbonyl (C=O) groups excluding carboxylic acids is 1. The highest BCUT2D eigenvalue weighted by Gasteiger charge is 2.17. The monoisotopic (exact) mass is 213 g/mol. The third-order valence-electron chi connectivity index (χ3n) is 2.60. The van der Waals surface area contributed by atoms with Gasteiger partial charge in [0.15, 0.2) is 0 Å². The Morgan fingerprint density at radius 2 is 2.00 bits per heavy atom. The molecule has 15 heavy (non-hydrogen) atoms. The SMILES string of the molecule is CC1=[O+][Si-]Oc2c1ccc1ccccc21. The molecule has 3 heteroatoms. The molecule has 0 saturated heterocycles. The summed E-state index contributed by atoms with van der Waals surface area (Å²) < 4.78 is 11.0. The highest BCUT2D eigenvalue weighted by Crippen LogP contribution is 2.31. The first-order valence-electron chi connectivity index (χ1n) is 4.80. The molecule has 3 rings (SSSR count). The second-order valence-electron chi connectivity index (χ2n) is 3.51. The van der Waals surface area contributed by atoms with Gasteiger partial charge in [0.2, 0.25) is 0 Å². The second kappa shape index (κ2) is 3.20. The van der Waals surface area contributed by atoms with Gasteiger partial charge in [0.25, 0.3) is 5.78 Å². The molecule has 1 aliphatic heterocycles. The van der Waals surface area contributed by atoms with Gasteiger partial charge in [0.1, 0.15) is 11.3 Å². The minimum atomic E-state index is 0.0753. The van der Waals surface area contributed by atoms with Gasteiger partial charge in [0, 0.05) is 12.3 Å². The van der Waals surface area contributed by atoms with Crippen LogP contribution in [0.25, 0.3) is 10.8 Å². The van der Waals surface area contributed by atoms with Crippen molar-refractivity contribution in [1.29, 1.82) is 0 Å². The molecule has 2 nitrogen and oxygen atoms in total. The lowest BCUT2D eigenvalue weighted by Gasteiger charge is -2.17. The van der Waals surface area contributed by atoms with E-state index in [1.165, 1.54) is 5.39 Å². The molecule has 0 N–H and O–H groups in total. The molecule has 2 aromatic rings. The Morgan fingerprint density at radius 1 is 1.13 bits per heavy atom. The van der Waals surface area contributed by atoms with Crippen LogP contribution in [0.2, 0.25) is 0 Å². The van der Waals surface area contributed by atoms with Crippen LogP contribution in [0.3, 0.4) is 0 Å². The van der Waals surface area contributed by atoms with Crippen molar-refractivity contribution < 1.29 is 8.54 Å². The highest BCUT2D eigenvalue weighted by atomic mass is 28.2. The van der Waals surface area contributed by atoms with Crippen molar-refractivity contribution in [2.24, 2.45) is 0 Å². The zero-order valence-corrected chi connectivity index (χ0v) is 9.28. The first kappa shape index (κ1) is 8.68. The lowest BCUT2D eigenvalue weighted by molar-refractivity contribution is -0.101. The molecule has 0 spiro atoms. The van der Waals surface area contributed by atoms with E-state index < -0.39 is 0 Å². The van der Waals surface area contributed by atoms with Crippen LogP contribution in [-0.4, -0.2) is 15.8 Å². The van der Waals surface area contributed by atoms with Crippen LogP contribution in [-0.2, 0) is 0 Å². The van der Waals surface area contributed by atoms with Gasteiger partial charge in [-0.1, -0.05) is 30.3 Å². The molecule has 0 aromatic heterocycles. The molecular formula is C12H9O2Si. The Bertz CT molecular complexity index is 561. The molecule has 0 unspecified atom stereocenters. The molecule has 0 aliphatic carbocycles. The predicted octanol–water partition coefficient (Wildman–Crippen LogP) is 2.50. The van der Waals surface area contributed by atoms with E-state index in [0.29, 0.717) is 0 Å². The molecule has 73 valence electrons. The fourth-order valence-corrected chi connectivity index (χ4v) is 2.39. The van der Waals surface area contributed by atoms with Crippen LogP contribution in [0, 0.1) is 0 Å². The normalized spacial score (nSPS) is 13.8. The van der Waals surface area contributed by atoms with E-state index in [2.05, 4.69) is 24.3 Å². The number of benzene rings is 2. The molecule has 0 amide bonds. The average molecular weight is 213 g/mol. The summed E-state index contributed by atoms with van der Waals surface area (Å²) in [5.41, 5.74) is 1.06. The largest absolute Gasteiger partial charge is 0.629 e. The molecule has 0 atom stereocenters. The number of rotatable bonds is 0. The van der Waals surface area contributed by atoms with Gasteiger partial charge < -0.3 is 8.54 Å². The van der Waals surface area contributed by atoms with Crippen LogP contribution in [0.5, 0.6) is 5.75 Å². The molecule has 1 radical (unpaired) electrons. The minimum Gasteiger partial charge on any atom is -0.629 e. The smallest absolute Gasteiger partial charge is 0.424 e. The number of hydrogen-bond donors (Lipinski definition) is 0. The lowest BCUT2D eigenvalue weighted by Crippen LogP contribution is -2.14. The maximum absolute atomic E-state index is 5.59. The quantitative estimate of drug-likeness (QED) is 0.486. The number of hydrogen-bond acceptors (Lipinski definition) is 1. The fourth-order valence-electron chi connectivity index (χ4n) is 1.81. The van der Waals surface area contributed by atoms with Crippen molar-refractivity contribution in [3.63, 3.8) is 0 Å². The van der Waals surface area contributed by atoms with E-state index in [9.17, 15) is 0 Å². The van der Waals surface area contributed by atoms with Crippen molar-refractivity contribution in [1.82, 2.24) is 0 Å². The Balaban J connectivity index is 2.39. The summed E-state index contributed by atoms with van der Waals surface area (Å²) in [6, 6.07) is 12.4. The summed E-state index contributed by atoms with van der Waals surface area (Å²) in [4.78, 5) is 0. The molecule has 1 heterocycles. The second-order valence-corrected chi connectivity index (χ2v) is 4.08. The van der Waals surface area contributed by atoms with E-state index in [1.807, 2.05) is 19.1 Å². The Labute approximate surface area is 90.3 Å². The van der Waals surface area contributed by atoms with Crippen LogP contribution >= 0.6 is 0 Å². The van der Waals surface area contributed by atoms with Crippen LogP contribution in [0.15, 0.2) is 36.4 Å². The van der Waals surface area contributed by atoms with E-state index >= 15 is 0 Å². The standard InChI is InChI=1S/C12H9O2Si/c1-8-10-7-6-9-4-2-3-5-11(9)12(10)14-15-13-8/h2-7H,1H3. The first-order chi connectivity index (χ1) is 7.36.